The summed E-state index contributed by atoms with van der Waals surface area (Å²) in [6.07, 6.45) is 0. The summed E-state index contributed by atoms with van der Waals surface area (Å²) < 4.78 is 16.5. The number of halogens is 2. The van der Waals surface area contributed by atoms with Gasteiger partial charge in [0, 0.05) is 16.1 Å². The van der Waals surface area contributed by atoms with Crippen molar-refractivity contribution in [3.8, 4) is 0 Å². The Kier molecular flexibility index (Phi) is 6.05. The zero-order chi connectivity index (χ0) is 22.0. The Labute approximate surface area is 185 Å². The maximum Gasteiger partial charge on any atom is 0.251 e. The van der Waals surface area contributed by atoms with Gasteiger partial charge in [-0.3, -0.25) is 4.79 Å². The van der Waals surface area contributed by atoms with Crippen molar-refractivity contribution in [3.63, 3.8) is 0 Å². The molecule has 1 amide bonds. The van der Waals surface area contributed by atoms with Crippen LogP contribution >= 0.6 is 11.6 Å². The van der Waals surface area contributed by atoms with E-state index in [-0.39, 0.29) is 30.2 Å². The van der Waals surface area contributed by atoms with Crippen LogP contribution < -0.4 is 5.32 Å². The number of carbonyl (C=O) groups excluding carboxylic acids is 1. The van der Waals surface area contributed by atoms with Crippen molar-refractivity contribution >= 4 is 28.5 Å². The second-order valence-corrected chi connectivity index (χ2v) is 8.21. The lowest BCUT2D eigenvalue weighted by Gasteiger charge is -2.24. The monoisotopic (exact) mass is 435 g/mol. The van der Waals surface area contributed by atoms with E-state index in [0.717, 1.165) is 11.0 Å². The molecule has 0 bridgehead atoms. The third kappa shape index (κ3) is 4.32. The second-order valence-electron chi connectivity index (χ2n) is 7.81. The molecular formula is C25H23ClFN3O. The predicted octanol–water partition coefficient (Wildman–Crippen LogP) is 6.00. The van der Waals surface area contributed by atoms with Crippen molar-refractivity contribution in [1.82, 2.24) is 14.9 Å². The molecule has 0 aliphatic carbocycles. The number of carbonyl (C=O) groups is 1. The first-order valence-electron chi connectivity index (χ1n) is 10.2. The lowest BCUT2D eigenvalue weighted by Crippen LogP contribution is -2.34. The van der Waals surface area contributed by atoms with Gasteiger partial charge in [0.2, 0.25) is 0 Å². The Morgan fingerprint density at radius 1 is 1.03 bits per heavy atom. The third-order valence-electron chi connectivity index (χ3n) is 5.33. The average molecular weight is 436 g/mol. The van der Waals surface area contributed by atoms with Gasteiger partial charge < -0.3 is 9.88 Å². The highest BCUT2D eigenvalue weighted by molar-refractivity contribution is 6.31. The molecule has 1 heterocycles. The summed E-state index contributed by atoms with van der Waals surface area (Å²) in [6, 6.07) is 21.0. The van der Waals surface area contributed by atoms with Gasteiger partial charge >= 0.3 is 0 Å². The summed E-state index contributed by atoms with van der Waals surface area (Å²) in [4.78, 5) is 17.7. The summed E-state index contributed by atoms with van der Waals surface area (Å²) in [5.74, 6) is 0.173. The molecule has 158 valence electrons. The van der Waals surface area contributed by atoms with E-state index in [9.17, 15) is 9.18 Å². The van der Waals surface area contributed by atoms with Gasteiger partial charge in [-0.15, -0.1) is 0 Å². The third-order valence-corrected chi connectivity index (χ3v) is 5.68. The van der Waals surface area contributed by atoms with Crippen LogP contribution in [-0.2, 0) is 6.54 Å². The fourth-order valence-corrected chi connectivity index (χ4v) is 3.91. The fourth-order valence-electron chi connectivity index (χ4n) is 3.68. The van der Waals surface area contributed by atoms with E-state index < -0.39 is 0 Å². The van der Waals surface area contributed by atoms with Crippen LogP contribution in [0, 0.1) is 11.7 Å². The number of para-hydroxylation sites is 2. The molecule has 0 unspecified atom stereocenters. The number of nitrogens with one attached hydrogen (secondary N) is 1. The SMILES string of the molecule is CC(C)[C@H](NC(=O)c1ccccc1)c1nc2ccccc2n1Cc1c(F)cccc1Cl. The molecule has 0 saturated heterocycles. The van der Waals surface area contributed by atoms with Crippen LogP contribution in [0.1, 0.15) is 41.6 Å². The maximum atomic E-state index is 14.6. The average Bonchev–Trinajstić information content (AvgIpc) is 3.13. The molecule has 4 nitrogen and oxygen atoms in total. The Morgan fingerprint density at radius 3 is 2.45 bits per heavy atom. The van der Waals surface area contributed by atoms with E-state index in [1.54, 1.807) is 24.3 Å². The van der Waals surface area contributed by atoms with Crippen molar-refractivity contribution in [2.24, 2.45) is 5.92 Å². The second kappa shape index (κ2) is 8.90. The molecule has 0 radical (unpaired) electrons. The molecule has 1 atom stereocenters. The number of rotatable bonds is 6. The van der Waals surface area contributed by atoms with Gasteiger partial charge in [-0.1, -0.05) is 61.8 Å². The van der Waals surface area contributed by atoms with Crippen molar-refractivity contribution in [3.05, 3.63) is 101 Å². The minimum atomic E-state index is -0.370. The minimum Gasteiger partial charge on any atom is -0.342 e. The molecule has 0 saturated carbocycles. The Balaban J connectivity index is 1.79. The van der Waals surface area contributed by atoms with Crippen molar-refractivity contribution in [2.75, 3.05) is 0 Å². The van der Waals surface area contributed by atoms with Gasteiger partial charge in [0.1, 0.15) is 11.6 Å². The largest absolute Gasteiger partial charge is 0.342 e. The molecular weight excluding hydrogens is 413 g/mol. The summed E-state index contributed by atoms with van der Waals surface area (Å²) in [6.45, 7) is 4.26. The van der Waals surface area contributed by atoms with Crippen LogP contribution in [-0.4, -0.2) is 15.5 Å². The number of benzene rings is 3. The molecule has 0 aliphatic rings. The minimum absolute atomic E-state index is 0.0549. The molecule has 4 aromatic rings. The van der Waals surface area contributed by atoms with Crippen LogP contribution in [0.25, 0.3) is 11.0 Å². The standard InChI is InChI=1S/C25H23ClFN3O/c1-16(2)23(29-25(31)17-9-4-3-5-10-17)24-28-21-13-6-7-14-22(21)30(24)15-18-19(26)11-8-12-20(18)27/h3-14,16,23H,15H2,1-2H3,(H,29,31)/t23-/m0/s1. The van der Waals surface area contributed by atoms with Crippen molar-refractivity contribution in [2.45, 2.75) is 26.4 Å². The number of nitrogens with zero attached hydrogens (tertiary/aromatic N) is 2. The highest BCUT2D eigenvalue weighted by Gasteiger charge is 2.26. The normalized spacial score (nSPS) is 12.3. The predicted molar refractivity (Wildman–Crippen MR) is 122 cm³/mol. The molecule has 1 aromatic heterocycles. The number of hydrogen-bond acceptors (Lipinski definition) is 2. The molecule has 1 N–H and O–H groups in total. The molecule has 0 spiro atoms. The summed E-state index contributed by atoms with van der Waals surface area (Å²) >= 11 is 6.31. The summed E-state index contributed by atoms with van der Waals surface area (Å²) in [7, 11) is 0. The van der Waals surface area contributed by atoms with Gasteiger partial charge in [-0.05, 0) is 42.3 Å². The number of fused-ring (bicyclic) bond motifs is 1. The van der Waals surface area contributed by atoms with Crippen LogP contribution in [0.4, 0.5) is 4.39 Å². The summed E-state index contributed by atoms with van der Waals surface area (Å²) in [5, 5.41) is 3.48. The van der Waals surface area contributed by atoms with Gasteiger partial charge in [-0.2, -0.15) is 0 Å². The Morgan fingerprint density at radius 2 is 1.74 bits per heavy atom. The first kappa shape index (κ1) is 21.1. The lowest BCUT2D eigenvalue weighted by atomic mass is 10.0. The van der Waals surface area contributed by atoms with E-state index in [1.807, 2.05) is 60.9 Å². The first-order chi connectivity index (χ1) is 15.0. The topological polar surface area (TPSA) is 46.9 Å². The Bertz CT molecular complexity index is 1200. The van der Waals surface area contributed by atoms with Gasteiger partial charge in [0.25, 0.3) is 5.91 Å². The quantitative estimate of drug-likeness (QED) is 0.403. The van der Waals surface area contributed by atoms with Gasteiger partial charge in [0.05, 0.1) is 23.6 Å². The smallest absolute Gasteiger partial charge is 0.251 e. The number of hydrogen-bond donors (Lipinski definition) is 1. The summed E-state index contributed by atoms with van der Waals surface area (Å²) in [5.41, 5.74) is 2.61. The van der Waals surface area contributed by atoms with E-state index in [0.29, 0.717) is 22.0 Å². The Hall–Kier alpha value is -3.18. The molecule has 0 fully saturated rings. The van der Waals surface area contributed by atoms with Crippen LogP contribution in [0.5, 0.6) is 0 Å². The fraction of sp³-hybridized carbons (Fsp3) is 0.200. The lowest BCUT2D eigenvalue weighted by molar-refractivity contribution is 0.0922. The van der Waals surface area contributed by atoms with Crippen molar-refractivity contribution in [1.29, 1.82) is 0 Å². The van der Waals surface area contributed by atoms with Crippen LogP contribution in [0.15, 0.2) is 72.8 Å². The highest BCUT2D eigenvalue weighted by Crippen LogP contribution is 2.29. The highest BCUT2D eigenvalue weighted by atomic mass is 35.5. The van der Waals surface area contributed by atoms with Gasteiger partial charge in [0.15, 0.2) is 0 Å². The number of amides is 1. The van der Waals surface area contributed by atoms with Crippen molar-refractivity contribution < 1.29 is 9.18 Å². The van der Waals surface area contributed by atoms with E-state index in [2.05, 4.69) is 5.32 Å². The van der Waals surface area contributed by atoms with E-state index >= 15 is 0 Å². The molecule has 3 aromatic carbocycles. The van der Waals surface area contributed by atoms with E-state index in [4.69, 9.17) is 16.6 Å². The molecule has 6 heteroatoms. The zero-order valence-corrected chi connectivity index (χ0v) is 18.1. The maximum absolute atomic E-state index is 14.6. The zero-order valence-electron chi connectivity index (χ0n) is 17.3. The first-order valence-corrected chi connectivity index (χ1v) is 10.6. The molecule has 0 aliphatic heterocycles. The molecule has 31 heavy (non-hydrogen) atoms. The van der Waals surface area contributed by atoms with Crippen LogP contribution in [0.2, 0.25) is 5.02 Å². The van der Waals surface area contributed by atoms with Crippen LogP contribution in [0.3, 0.4) is 0 Å². The number of aromatic nitrogens is 2. The van der Waals surface area contributed by atoms with Gasteiger partial charge in [-0.25, -0.2) is 9.37 Å². The van der Waals surface area contributed by atoms with E-state index in [1.165, 1.54) is 6.07 Å². The number of imidazole rings is 1. The molecule has 4 rings (SSSR count).